The Balaban J connectivity index is 3.22. The highest BCUT2D eigenvalue weighted by Gasteiger charge is 2.33. The molecule has 1 aromatic carbocycles. The first-order chi connectivity index (χ1) is 7.72. The highest BCUT2D eigenvalue weighted by molar-refractivity contribution is 9.09. The zero-order chi connectivity index (χ0) is 13.2. The van der Waals surface area contributed by atoms with Crippen molar-refractivity contribution in [3.8, 4) is 5.75 Å². The number of carbonyl (C=O) groups is 1. The first-order valence-electron chi connectivity index (χ1n) is 4.51. The maximum atomic E-state index is 12.2. The summed E-state index contributed by atoms with van der Waals surface area (Å²) in [5.41, 5.74) is 5.59. The van der Waals surface area contributed by atoms with E-state index in [1.54, 1.807) is 0 Å². The number of ketones is 1. The van der Waals surface area contributed by atoms with E-state index >= 15 is 0 Å². The van der Waals surface area contributed by atoms with Crippen molar-refractivity contribution in [2.24, 2.45) is 0 Å². The summed E-state index contributed by atoms with van der Waals surface area (Å²) in [6, 6.07) is 3.83. The van der Waals surface area contributed by atoms with E-state index in [4.69, 9.17) is 5.73 Å². The summed E-state index contributed by atoms with van der Waals surface area (Å²) in [7, 11) is 0. The smallest absolute Gasteiger partial charge is 0.405 e. The Kier molecular flexibility index (Phi) is 4.03. The lowest BCUT2D eigenvalue weighted by Gasteiger charge is -2.17. The number of ether oxygens (including phenoxy) is 1. The third-order valence-corrected chi connectivity index (χ3v) is 3.04. The molecular formula is C10H9BrF3NO2. The monoisotopic (exact) mass is 311 g/mol. The van der Waals surface area contributed by atoms with Crippen LogP contribution in [0, 0.1) is 0 Å². The van der Waals surface area contributed by atoms with Crippen molar-refractivity contribution in [1.29, 1.82) is 0 Å². The van der Waals surface area contributed by atoms with Gasteiger partial charge in [-0.2, -0.15) is 0 Å². The molecule has 0 saturated heterocycles. The van der Waals surface area contributed by atoms with Gasteiger partial charge in [-0.25, -0.2) is 0 Å². The van der Waals surface area contributed by atoms with Crippen LogP contribution in [0.1, 0.15) is 17.3 Å². The van der Waals surface area contributed by atoms with E-state index in [-0.39, 0.29) is 17.0 Å². The summed E-state index contributed by atoms with van der Waals surface area (Å²) in [5, 5.41) is 0. The van der Waals surface area contributed by atoms with Crippen LogP contribution in [0.15, 0.2) is 18.2 Å². The van der Waals surface area contributed by atoms with Crippen molar-refractivity contribution < 1.29 is 22.7 Å². The topological polar surface area (TPSA) is 52.3 Å². The lowest BCUT2D eigenvalue weighted by molar-refractivity contribution is -0.274. The summed E-state index contributed by atoms with van der Waals surface area (Å²) in [5.74, 6) is -0.843. The van der Waals surface area contributed by atoms with Gasteiger partial charge in [0.15, 0.2) is 0 Å². The Morgan fingerprint density at radius 2 is 2.06 bits per heavy atom. The molecule has 94 valence electrons. The zero-order valence-electron chi connectivity index (χ0n) is 8.72. The quantitative estimate of drug-likeness (QED) is 0.689. The summed E-state index contributed by atoms with van der Waals surface area (Å²) >= 11 is 2.98. The van der Waals surface area contributed by atoms with E-state index in [1.807, 2.05) is 0 Å². The Bertz CT molecular complexity index is 434. The van der Waals surface area contributed by atoms with Crippen molar-refractivity contribution in [1.82, 2.24) is 0 Å². The molecule has 0 aliphatic rings. The second-order valence-electron chi connectivity index (χ2n) is 3.28. The van der Waals surface area contributed by atoms with E-state index in [9.17, 15) is 18.0 Å². The van der Waals surface area contributed by atoms with Crippen molar-refractivity contribution in [3.63, 3.8) is 0 Å². The molecule has 17 heavy (non-hydrogen) atoms. The second kappa shape index (κ2) is 4.95. The maximum absolute atomic E-state index is 12.2. The van der Waals surface area contributed by atoms with E-state index in [2.05, 4.69) is 20.7 Å². The zero-order valence-corrected chi connectivity index (χ0v) is 10.3. The molecule has 0 spiro atoms. The third-order valence-electron chi connectivity index (χ3n) is 1.94. The van der Waals surface area contributed by atoms with Crippen molar-refractivity contribution in [2.75, 3.05) is 5.73 Å². The number of alkyl halides is 4. The molecule has 1 atom stereocenters. The Morgan fingerprint density at radius 1 is 1.47 bits per heavy atom. The minimum absolute atomic E-state index is 0.0164. The number of nitrogen functional groups attached to an aromatic ring is 1. The van der Waals surface area contributed by atoms with Gasteiger partial charge in [-0.3, -0.25) is 4.79 Å². The van der Waals surface area contributed by atoms with Gasteiger partial charge in [-0.05, 0) is 19.1 Å². The van der Waals surface area contributed by atoms with Crippen LogP contribution in [-0.4, -0.2) is 12.1 Å². The van der Waals surface area contributed by atoms with Crippen LogP contribution >= 0.6 is 15.9 Å². The Labute approximate surface area is 104 Å². The predicted octanol–water partition coefficient (Wildman–Crippen LogP) is 3.19. The van der Waals surface area contributed by atoms with Crippen LogP contribution < -0.4 is 10.5 Å². The molecule has 0 aliphatic heterocycles. The molecule has 1 unspecified atom stereocenters. The van der Waals surface area contributed by atoms with Gasteiger partial charge in [0.1, 0.15) is 16.4 Å². The predicted molar refractivity (Wildman–Crippen MR) is 59.9 cm³/mol. The van der Waals surface area contributed by atoms with E-state index in [0.29, 0.717) is 0 Å². The minimum atomic E-state index is -4.83. The van der Waals surface area contributed by atoms with E-state index < -0.39 is 16.9 Å². The van der Waals surface area contributed by atoms with Gasteiger partial charge in [-0.15, -0.1) is 13.2 Å². The molecular weight excluding hydrogens is 303 g/mol. The van der Waals surface area contributed by atoms with Crippen LogP contribution in [0.25, 0.3) is 0 Å². The standard InChI is InChI=1S/C10H9BrF3NO2/c1-5(16)9(11)8-6(15)3-2-4-7(8)17-10(12,13)14/h2-4,9H,15H2,1H3. The molecule has 7 heteroatoms. The van der Waals surface area contributed by atoms with Gasteiger partial charge in [0.2, 0.25) is 0 Å². The third kappa shape index (κ3) is 3.62. The number of anilines is 1. The van der Waals surface area contributed by atoms with Crippen LogP contribution in [0.5, 0.6) is 5.75 Å². The number of halogens is 4. The molecule has 0 aromatic heterocycles. The normalized spacial score (nSPS) is 13.2. The fraction of sp³-hybridized carbons (Fsp3) is 0.300. The highest BCUT2D eigenvalue weighted by atomic mass is 79.9. The van der Waals surface area contributed by atoms with Crippen molar-refractivity contribution in [3.05, 3.63) is 23.8 Å². The second-order valence-corrected chi connectivity index (χ2v) is 4.20. The molecule has 1 aromatic rings. The highest BCUT2D eigenvalue weighted by Crippen LogP contribution is 2.38. The summed E-state index contributed by atoms with van der Waals surface area (Å²) in [6.45, 7) is 1.24. The Hall–Kier alpha value is -1.24. The fourth-order valence-electron chi connectivity index (χ4n) is 1.25. The van der Waals surface area contributed by atoms with Gasteiger partial charge in [0.05, 0.1) is 0 Å². The van der Waals surface area contributed by atoms with Crippen molar-refractivity contribution >= 4 is 27.4 Å². The van der Waals surface area contributed by atoms with Gasteiger partial charge in [0.25, 0.3) is 0 Å². The van der Waals surface area contributed by atoms with Crippen LogP contribution in [-0.2, 0) is 4.79 Å². The molecule has 0 fully saturated rings. The maximum Gasteiger partial charge on any atom is 0.573 e. The number of hydrogen-bond donors (Lipinski definition) is 1. The summed E-state index contributed by atoms with van der Waals surface area (Å²) < 4.78 is 40.3. The molecule has 0 radical (unpaired) electrons. The van der Waals surface area contributed by atoms with E-state index in [1.165, 1.54) is 19.1 Å². The van der Waals surface area contributed by atoms with Crippen LogP contribution in [0.4, 0.5) is 18.9 Å². The molecule has 0 amide bonds. The molecule has 0 heterocycles. The lowest BCUT2D eigenvalue weighted by atomic mass is 10.1. The number of nitrogens with two attached hydrogens (primary N) is 1. The lowest BCUT2D eigenvalue weighted by Crippen LogP contribution is -2.19. The number of benzene rings is 1. The van der Waals surface area contributed by atoms with Crippen LogP contribution in [0.3, 0.4) is 0 Å². The first-order valence-corrected chi connectivity index (χ1v) is 5.42. The van der Waals surface area contributed by atoms with E-state index in [0.717, 1.165) is 6.07 Å². The van der Waals surface area contributed by atoms with Gasteiger partial charge in [-0.1, -0.05) is 22.0 Å². The molecule has 3 nitrogen and oxygen atoms in total. The average molecular weight is 312 g/mol. The van der Waals surface area contributed by atoms with Gasteiger partial charge < -0.3 is 10.5 Å². The number of Topliss-reactive ketones (excluding diaryl/α,β-unsaturated/α-hetero) is 1. The number of rotatable bonds is 3. The van der Waals surface area contributed by atoms with Crippen LogP contribution in [0.2, 0.25) is 0 Å². The number of hydrogen-bond acceptors (Lipinski definition) is 3. The van der Waals surface area contributed by atoms with Gasteiger partial charge >= 0.3 is 6.36 Å². The Morgan fingerprint density at radius 3 is 2.53 bits per heavy atom. The molecule has 0 aliphatic carbocycles. The molecule has 1 rings (SSSR count). The van der Waals surface area contributed by atoms with Gasteiger partial charge in [0, 0.05) is 11.3 Å². The fourth-order valence-corrected chi connectivity index (χ4v) is 1.74. The summed E-state index contributed by atoms with van der Waals surface area (Å²) in [4.78, 5) is 10.2. The largest absolute Gasteiger partial charge is 0.573 e. The van der Waals surface area contributed by atoms with Crippen molar-refractivity contribution in [2.45, 2.75) is 18.1 Å². The molecule has 2 N–H and O–H groups in total. The molecule has 0 saturated carbocycles. The minimum Gasteiger partial charge on any atom is -0.405 e. The first kappa shape index (κ1) is 13.8. The summed E-state index contributed by atoms with van der Waals surface area (Å²) in [6.07, 6.45) is -4.83. The number of carbonyl (C=O) groups excluding carboxylic acids is 1. The SMILES string of the molecule is CC(=O)C(Br)c1c(N)cccc1OC(F)(F)F. The molecule has 0 bridgehead atoms. The average Bonchev–Trinajstić information content (AvgIpc) is 2.14.